The Kier molecular flexibility index (Phi) is 6.87. The molecule has 2 rings (SSSR count). The van der Waals surface area contributed by atoms with Crippen LogP contribution in [-0.2, 0) is 9.53 Å². The lowest BCUT2D eigenvalue weighted by Crippen LogP contribution is -2.52. The van der Waals surface area contributed by atoms with Crippen molar-refractivity contribution in [3.8, 4) is 0 Å². The van der Waals surface area contributed by atoms with E-state index in [0.29, 0.717) is 18.7 Å². The average molecular weight is 394 g/mol. The molecule has 28 heavy (non-hydrogen) atoms. The fourth-order valence-corrected chi connectivity index (χ4v) is 3.18. The molecule has 1 fully saturated rings. The highest BCUT2D eigenvalue weighted by molar-refractivity contribution is 5.85. The summed E-state index contributed by atoms with van der Waals surface area (Å²) < 4.78 is 19.4. The molecule has 3 N–H and O–H groups in total. The van der Waals surface area contributed by atoms with Crippen molar-refractivity contribution in [2.75, 3.05) is 39.0 Å². The maximum absolute atomic E-state index is 14.1. The fraction of sp³-hybridized carbons (Fsp3) is 0.600. The van der Waals surface area contributed by atoms with Crippen molar-refractivity contribution in [1.82, 2.24) is 15.1 Å². The minimum atomic E-state index is -0.744. The Hall–Kier alpha value is -2.35. The lowest BCUT2D eigenvalue weighted by molar-refractivity contribution is -0.135. The molecule has 0 radical (unpaired) electrons. The number of nitrogens with two attached hydrogens (primary N) is 1. The van der Waals surface area contributed by atoms with Crippen LogP contribution in [0.15, 0.2) is 18.2 Å². The van der Waals surface area contributed by atoms with E-state index in [9.17, 15) is 14.0 Å². The number of benzene rings is 1. The van der Waals surface area contributed by atoms with Gasteiger partial charge in [0.25, 0.3) is 0 Å². The molecule has 0 saturated carbocycles. The Labute approximate surface area is 166 Å². The Morgan fingerprint density at radius 2 is 1.82 bits per heavy atom. The van der Waals surface area contributed by atoms with Crippen LogP contribution < -0.4 is 11.1 Å². The van der Waals surface area contributed by atoms with Crippen LogP contribution in [0.2, 0.25) is 0 Å². The molecule has 1 aromatic rings. The van der Waals surface area contributed by atoms with E-state index < -0.39 is 29.5 Å². The molecule has 1 heterocycles. The maximum atomic E-state index is 14.1. The van der Waals surface area contributed by atoms with Gasteiger partial charge in [-0.25, -0.2) is 9.18 Å². The number of piperazine rings is 1. The van der Waals surface area contributed by atoms with Gasteiger partial charge in [0.2, 0.25) is 5.91 Å². The first kappa shape index (κ1) is 21.9. The van der Waals surface area contributed by atoms with Gasteiger partial charge in [0.05, 0.1) is 11.6 Å². The second-order valence-corrected chi connectivity index (χ2v) is 8.32. The van der Waals surface area contributed by atoms with E-state index in [-0.39, 0.29) is 11.6 Å². The fourth-order valence-electron chi connectivity index (χ4n) is 3.18. The molecule has 7 nitrogen and oxygen atoms in total. The molecule has 2 amide bonds. The summed E-state index contributed by atoms with van der Waals surface area (Å²) in [7, 11) is 2.00. The van der Waals surface area contributed by atoms with Gasteiger partial charge in [-0.3, -0.25) is 4.79 Å². The quantitative estimate of drug-likeness (QED) is 0.765. The molecule has 1 aliphatic rings. The number of nitrogen functional groups attached to an aromatic ring is 1. The average Bonchev–Trinajstić information content (AvgIpc) is 2.57. The maximum Gasteiger partial charge on any atom is 0.407 e. The minimum Gasteiger partial charge on any atom is -0.444 e. The summed E-state index contributed by atoms with van der Waals surface area (Å²) in [6.45, 7) is 9.71. The van der Waals surface area contributed by atoms with Crippen LogP contribution in [-0.4, -0.2) is 66.7 Å². The second-order valence-electron chi connectivity index (χ2n) is 8.32. The number of rotatable bonds is 4. The number of anilines is 1. The van der Waals surface area contributed by atoms with Crippen molar-refractivity contribution in [1.29, 1.82) is 0 Å². The largest absolute Gasteiger partial charge is 0.444 e. The molecule has 8 heteroatoms. The predicted molar refractivity (Wildman–Crippen MR) is 106 cm³/mol. The van der Waals surface area contributed by atoms with Crippen LogP contribution >= 0.6 is 0 Å². The number of alkyl carbamates (subject to hydrolysis) is 1. The predicted octanol–water partition coefficient (Wildman–Crippen LogP) is 2.18. The molecular weight excluding hydrogens is 363 g/mol. The monoisotopic (exact) mass is 394 g/mol. The summed E-state index contributed by atoms with van der Waals surface area (Å²) in [5.74, 6) is -1.48. The lowest BCUT2D eigenvalue weighted by atomic mass is 9.90. The zero-order valence-corrected chi connectivity index (χ0v) is 17.3. The molecular formula is C20H31FN4O3. The SMILES string of the molecule is C[C@@H](NC(=O)OC(C)(C)C)[C@@H](C(=O)N1CCN(C)CC1)c1ccc(N)c(F)c1. The number of likely N-dealkylation sites (N-methyl/N-ethyl adjacent to an activating group) is 1. The summed E-state index contributed by atoms with van der Waals surface area (Å²) in [5.41, 5.74) is 5.41. The number of carbonyl (C=O) groups is 2. The molecule has 1 saturated heterocycles. The van der Waals surface area contributed by atoms with Gasteiger partial charge in [-0.2, -0.15) is 0 Å². The van der Waals surface area contributed by atoms with Gasteiger partial charge in [-0.1, -0.05) is 6.07 Å². The molecule has 0 unspecified atom stereocenters. The van der Waals surface area contributed by atoms with Crippen LogP contribution in [0, 0.1) is 5.82 Å². The Morgan fingerprint density at radius 3 is 2.36 bits per heavy atom. The molecule has 156 valence electrons. The van der Waals surface area contributed by atoms with Crippen LogP contribution in [0.4, 0.5) is 14.9 Å². The number of hydrogen-bond acceptors (Lipinski definition) is 5. The van der Waals surface area contributed by atoms with E-state index >= 15 is 0 Å². The van der Waals surface area contributed by atoms with E-state index in [1.807, 2.05) is 7.05 Å². The van der Waals surface area contributed by atoms with Crippen molar-refractivity contribution in [3.05, 3.63) is 29.6 Å². The first-order chi connectivity index (χ1) is 13.0. The third-order valence-electron chi connectivity index (χ3n) is 4.71. The molecule has 0 bridgehead atoms. The Morgan fingerprint density at radius 1 is 1.21 bits per heavy atom. The van der Waals surface area contributed by atoms with Crippen molar-refractivity contribution in [3.63, 3.8) is 0 Å². The van der Waals surface area contributed by atoms with Gasteiger partial charge >= 0.3 is 6.09 Å². The normalized spacial score (nSPS) is 17.7. The first-order valence-electron chi connectivity index (χ1n) is 9.49. The number of ether oxygens (including phenoxy) is 1. The Bertz CT molecular complexity index is 712. The summed E-state index contributed by atoms with van der Waals surface area (Å²) in [6, 6.07) is 3.74. The van der Waals surface area contributed by atoms with Crippen molar-refractivity contribution in [2.24, 2.45) is 0 Å². The number of halogens is 1. The van der Waals surface area contributed by atoms with E-state index in [4.69, 9.17) is 10.5 Å². The third-order valence-corrected chi connectivity index (χ3v) is 4.71. The zero-order valence-electron chi connectivity index (χ0n) is 17.3. The minimum absolute atomic E-state index is 0.0160. The first-order valence-corrected chi connectivity index (χ1v) is 9.49. The van der Waals surface area contributed by atoms with E-state index in [2.05, 4.69) is 10.2 Å². The standard InChI is InChI=1S/C20H31FN4O3/c1-13(23-19(27)28-20(2,3)4)17(14-6-7-16(22)15(21)12-14)18(26)25-10-8-24(5)9-11-25/h6-7,12-13,17H,8-11,22H2,1-5H3,(H,23,27)/t13-,17-/m1/s1. The van der Waals surface area contributed by atoms with Crippen molar-refractivity contribution < 1.29 is 18.7 Å². The van der Waals surface area contributed by atoms with Gasteiger partial charge in [0, 0.05) is 32.2 Å². The molecule has 1 aromatic carbocycles. The number of nitrogens with one attached hydrogen (secondary N) is 1. The Balaban J connectivity index is 2.26. The second kappa shape index (κ2) is 8.77. The third kappa shape index (κ3) is 5.82. The smallest absolute Gasteiger partial charge is 0.407 e. The lowest BCUT2D eigenvalue weighted by Gasteiger charge is -2.36. The van der Waals surface area contributed by atoms with Gasteiger partial charge in [-0.05, 0) is 52.4 Å². The van der Waals surface area contributed by atoms with Gasteiger partial charge in [0.15, 0.2) is 0 Å². The van der Waals surface area contributed by atoms with Gasteiger partial charge in [-0.15, -0.1) is 0 Å². The molecule has 0 spiro atoms. The molecule has 0 aliphatic carbocycles. The van der Waals surface area contributed by atoms with E-state index in [1.54, 1.807) is 38.7 Å². The zero-order chi connectivity index (χ0) is 21.1. The number of nitrogens with zero attached hydrogens (tertiary/aromatic N) is 2. The summed E-state index contributed by atoms with van der Waals surface area (Å²) in [6.07, 6.45) is -0.618. The molecule has 0 aromatic heterocycles. The van der Waals surface area contributed by atoms with E-state index in [0.717, 1.165) is 13.1 Å². The van der Waals surface area contributed by atoms with Crippen molar-refractivity contribution in [2.45, 2.75) is 45.3 Å². The van der Waals surface area contributed by atoms with Crippen LogP contribution in [0.5, 0.6) is 0 Å². The highest BCUT2D eigenvalue weighted by Gasteiger charge is 2.34. The van der Waals surface area contributed by atoms with E-state index in [1.165, 1.54) is 12.1 Å². The van der Waals surface area contributed by atoms with Gasteiger partial charge in [0.1, 0.15) is 11.4 Å². The number of hydrogen-bond donors (Lipinski definition) is 2. The topological polar surface area (TPSA) is 87.9 Å². The molecule has 2 atom stereocenters. The van der Waals surface area contributed by atoms with Crippen LogP contribution in [0.3, 0.4) is 0 Å². The number of carbonyl (C=O) groups excluding carboxylic acids is 2. The highest BCUT2D eigenvalue weighted by atomic mass is 19.1. The van der Waals surface area contributed by atoms with Crippen LogP contribution in [0.25, 0.3) is 0 Å². The van der Waals surface area contributed by atoms with Crippen molar-refractivity contribution >= 4 is 17.7 Å². The summed E-state index contributed by atoms with van der Waals surface area (Å²) >= 11 is 0. The van der Waals surface area contributed by atoms with Gasteiger partial charge < -0.3 is 25.6 Å². The van der Waals surface area contributed by atoms with Crippen LogP contribution in [0.1, 0.15) is 39.2 Å². The number of amides is 2. The molecule has 1 aliphatic heterocycles. The summed E-state index contributed by atoms with van der Waals surface area (Å²) in [4.78, 5) is 29.4. The summed E-state index contributed by atoms with van der Waals surface area (Å²) in [5, 5.41) is 2.73. The highest BCUT2D eigenvalue weighted by Crippen LogP contribution is 2.26.